The Morgan fingerprint density at radius 2 is 1.78 bits per heavy atom. The van der Waals surface area contributed by atoms with Crippen molar-refractivity contribution in [3.8, 4) is 0 Å². The number of rotatable bonds is 11. The first-order chi connectivity index (χ1) is 8.88. The SMILES string of the molecule is CCCCCCCCCCC(NC)c1cn[nH]n1. The van der Waals surface area contributed by atoms with Crippen molar-refractivity contribution in [3.05, 3.63) is 11.9 Å². The highest BCUT2D eigenvalue weighted by Crippen LogP contribution is 2.17. The van der Waals surface area contributed by atoms with Gasteiger partial charge in [0, 0.05) is 0 Å². The van der Waals surface area contributed by atoms with Crippen LogP contribution in [0.2, 0.25) is 0 Å². The molecule has 0 aliphatic carbocycles. The fraction of sp³-hybridized carbons (Fsp3) is 0.857. The van der Waals surface area contributed by atoms with Gasteiger partial charge in [-0.05, 0) is 13.5 Å². The fourth-order valence-electron chi connectivity index (χ4n) is 2.30. The zero-order valence-corrected chi connectivity index (χ0v) is 11.9. The highest BCUT2D eigenvalue weighted by Gasteiger charge is 2.10. The van der Waals surface area contributed by atoms with Crippen LogP contribution in [0.15, 0.2) is 6.20 Å². The second-order valence-corrected chi connectivity index (χ2v) is 5.00. The molecule has 1 heterocycles. The minimum Gasteiger partial charge on any atom is -0.312 e. The minimum atomic E-state index is 0.351. The molecule has 0 saturated carbocycles. The summed E-state index contributed by atoms with van der Waals surface area (Å²) < 4.78 is 0. The first kappa shape index (κ1) is 15.2. The molecule has 18 heavy (non-hydrogen) atoms. The Labute approximate surface area is 111 Å². The summed E-state index contributed by atoms with van der Waals surface area (Å²) >= 11 is 0. The lowest BCUT2D eigenvalue weighted by atomic mass is 10.0. The molecule has 0 bridgehead atoms. The number of aromatic nitrogens is 3. The summed E-state index contributed by atoms with van der Waals surface area (Å²) in [5, 5.41) is 14.0. The van der Waals surface area contributed by atoms with Crippen LogP contribution in [-0.2, 0) is 0 Å². The zero-order chi connectivity index (χ0) is 13.1. The van der Waals surface area contributed by atoms with E-state index in [-0.39, 0.29) is 0 Å². The van der Waals surface area contributed by atoms with Crippen molar-refractivity contribution in [2.45, 2.75) is 70.8 Å². The second-order valence-electron chi connectivity index (χ2n) is 5.00. The number of nitrogens with one attached hydrogen (secondary N) is 2. The van der Waals surface area contributed by atoms with Gasteiger partial charge in [0.25, 0.3) is 0 Å². The molecular weight excluding hydrogens is 224 g/mol. The topological polar surface area (TPSA) is 53.6 Å². The van der Waals surface area contributed by atoms with Crippen LogP contribution in [0.1, 0.15) is 76.4 Å². The van der Waals surface area contributed by atoms with Crippen LogP contribution >= 0.6 is 0 Å². The van der Waals surface area contributed by atoms with Gasteiger partial charge in [0.2, 0.25) is 0 Å². The van der Waals surface area contributed by atoms with Gasteiger partial charge >= 0.3 is 0 Å². The fourth-order valence-corrected chi connectivity index (χ4v) is 2.30. The normalized spacial score (nSPS) is 12.8. The van der Waals surface area contributed by atoms with Crippen molar-refractivity contribution in [3.63, 3.8) is 0 Å². The molecule has 1 aromatic rings. The number of aromatic amines is 1. The van der Waals surface area contributed by atoms with E-state index in [1.54, 1.807) is 0 Å². The molecule has 0 radical (unpaired) electrons. The van der Waals surface area contributed by atoms with Crippen molar-refractivity contribution in [2.75, 3.05) is 7.05 Å². The quantitative estimate of drug-likeness (QED) is 0.592. The minimum absolute atomic E-state index is 0.351. The van der Waals surface area contributed by atoms with E-state index >= 15 is 0 Å². The number of unbranched alkanes of at least 4 members (excludes halogenated alkanes) is 7. The van der Waals surface area contributed by atoms with E-state index in [4.69, 9.17) is 0 Å². The van der Waals surface area contributed by atoms with Gasteiger partial charge in [-0.3, -0.25) is 0 Å². The molecule has 0 fully saturated rings. The summed E-state index contributed by atoms with van der Waals surface area (Å²) in [5.41, 5.74) is 1.03. The van der Waals surface area contributed by atoms with Gasteiger partial charge in [-0.15, -0.1) is 0 Å². The number of H-pyrrole nitrogens is 1. The van der Waals surface area contributed by atoms with Crippen LogP contribution in [0.3, 0.4) is 0 Å². The van der Waals surface area contributed by atoms with Gasteiger partial charge < -0.3 is 5.32 Å². The summed E-state index contributed by atoms with van der Waals surface area (Å²) in [6.07, 6.45) is 13.9. The molecule has 1 atom stereocenters. The van der Waals surface area contributed by atoms with Crippen molar-refractivity contribution >= 4 is 0 Å². The average Bonchev–Trinajstić information content (AvgIpc) is 2.91. The monoisotopic (exact) mass is 252 g/mol. The van der Waals surface area contributed by atoms with Crippen molar-refractivity contribution in [2.24, 2.45) is 0 Å². The molecule has 4 heteroatoms. The molecular formula is C14H28N4. The van der Waals surface area contributed by atoms with E-state index in [9.17, 15) is 0 Å². The molecule has 0 saturated heterocycles. The maximum Gasteiger partial charge on any atom is 0.0993 e. The van der Waals surface area contributed by atoms with Crippen LogP contribution in [0.5, 0.6) is 0 Å². The van der Waals surface area contributed by atoms with E-state index < -0.39 is 0 Å². The van der Waals surface area contributed by atoms with E-state index in [2.05, 4.69) is 27.7 Å². The summed E-state index contributed by atoms with van der Waals surface area (Å²) in [5.74, 6) is 0. The van der Waals surface area contributed by atoms with E-state index in [0.29, 0.717) is 6.04 Å². The van der Waals surface area contributed by atoms with Gasteiger partial charge in [-0.1, -0.05) is 58.3 Å². The van der Waals surface area contributed by atoms with Gasteiger partial charge in [0.1, 0.15) is 0 Å². The second kappa shape index (κ2) is 10.1. The Morgan fingerprint density at radius 3 is 2.33 bits per heavy atom. The van der Waals surface area contributed by atoms with Crippen molar-refractivity contribution < 1.29 is 0 Å². The third kappa shape index (κ3) is 6.15. The largest absolute Gasteiger partial charge is 0.312 e. The first-order valence-electron chi connectivity index (χ1n) is 7.41. The molecule has 0 spiro atoms. The standard InChI is InChI=1S/C14H28N4/c1-3-4-5-6-7-8-9-10-11-13(15-2)14-12-16-18-17-14/h12-13,15H,3-11H2,1-2H3,(H,16,17,18). The molecule has 0 amide bonds. The molecule has 1 unspecified atom stereocenters. The Balaban J connectivity index is 1.99. The van der Waals surface area contributed by atoms with E-state index in [1.165, 1.54) is 51.4 Å². The molecule has 2 N–H and O–H groups in total. The Hall–Kier alpha value is -0.900. The lowest BCUT2D eigenvalue weighted by Crippen LogP contribution is -2.16. The number of hydrogen-bond acceptors (Lipinski definition) is 3. The molecule has 4 nitrogen and oxygen atoms in total. The molecule has 1 rings (SSSR count). The smallest absolute Gasteiger partial charge is 0.0993 e. The van der Waals surface area contributed by atoms with Crippen LogP contribution < -0.4 is 5.32 Å². The highest BCUT2D eigenvalue weighted by atomic mass is 15.3. The summed E-state index contributed by atoms with van der Waals surface area (Å²) in [6, 6.07) is 0.351. The van der Waals surface area contributed by atoms with Crippen LogP contribution in [0.4, 0.5) is 0 Å². The number of nitrogens with zero attached hydrogens (tertiary/aromatic N) is 2. The maximum atomic E-state index is 4.14. The zero-order valence-electron chi connectivity index (χ0n) is 11.9. The van der Waals surface area contributed by atoms with Crippen molar-refractivity contribution in [1.29, 1.82) is 0 Å². The molecule has 0 aliphatic heterocycles. The molecule has 0 aliphatic rings. The lowest BCUT2D eigenvalue weighted by Gasteiger charge is -2.12. The first-order valence-corrected chi connectivity index (χ1v) is 7.41. The van der Waals surface area contributed by atoms with E-state index in [1.807, 2.05) is 13.2 Å². The Kier molecular flexibility index (Phi) is 8.47. The average molecular weight is 252 g/mol. The van der Waals surface area contributed by atoms with Gasteiger partial charge in [0.15, 0.2) is 0 Å². The summed E-state index contributed by atoms with van der Waals surface area (Å²) in [7, 11) is 1.99. The Morgan fingerprint density at radius 1 is 1.11 bits per heavy atom. The Bertz CT molecular complexity index is 271. The van der Waals surface area contributed by atoms with Crippen LogP contribution in [-0.4, -0.2) is 22.5 Å². The predicted molar refractivity (Wildman–Crippen MR) is 75.4 cm³/mol. The highest BCUT2D eigenvalue weighted by molar-refractivity contribution is 4.98. The predicted octanol–water partition coefficient (Wildman–Crippen LogP) is 3.60. The van der Waals surface area contributed by atoms with Crippen LogP contribution in [0, 0.1) is 0 Å². The van der Waals surface area contributed by atoms with Gasteiger partial charge in [-0.25, -0.2) is 0 Å². The molecule has 1 aromatic heterocycles. The van der Waals surface area contributed by atoms with E-state index in [0.717, 1.165) is 12.1 Å². The summed E-state index contributed by atoms with van der Waals surface area (Å²) in [4.78, 5) is 0. The molecule has 0 aromatic carbocycles. The lowest BCUT2D eigenvalue weighted by molar-refractivity contribution is 0.486. The number of hydrogen-bond donors (Lipinski definition) is 2. The molecule has 104 valence electrons. The van der Waals surface area contributed by atoms with Crippen molar-refractivity contribution in [1.82, 2.24) is 20.7 Å². The van der Waals surface area contributed by atoms with Gasteiger partial charge in [-0.2, -0.15) is 15.4 Å². The third-order valence-corrected chi connectivity index (χ3v) is 3.49. The summed E-state index contributed by atoms with van der Waals surface area (Å²) in [6.45, 7) is 2.27. The maximum absolute atomic E-state index is 4.14. The van der Waals surface area contributed by atoms with Gasteiger partial charge in [0.05, 0.1) is 17.9 Å². The third-order valence-electron chi connectivity index (χ3n) is 3.49. The van der Waals surface area contributed by atoms with Crippen LogP contribution in [0.25, 0.3) is 0 Å².